The molecule has 0 aromatic heterocycles. The molecule has 0 bridgehead atoms. The number of carbonyl (C=O) groups is 2. The summed E-state index contributed by atoms with van der Waals surface area (Å²) >= 11 is 11.8. The van der Waals surface area contributed by atoms with Gasteiger partial charge in [-0.25, -0.2) is 0 Å². The first-order chi connectivity index (χ1) is 8.91. The van der Waals surface area contributed by atoms with Crippen molar-refractivity contribution in [1.29, 1.82) is 0 Å². The second kappa shape index (κ2) is 5.02. The second-order valence-electron chi connectivity index (χ2n) is 4.39. The van der Waals surface area contributed by atoms with Crippen molar-refractivity contribution in [2.24, 2.45) is 0 Å². The van der Waals surface area contributed by atoms with E-state index in [1.54, 1.807) is 18.2 Å². The van der Waals surface area contributed by atoms with E-state index < -0.39 is 23.5 Å². The third kappa shape index (κ3) is 2.42. The molecule has 2 atom stereocenters. The van der Waals surface area contributed by atoms with Gasteiger partial charge >= 0.3 is 11.9 Å². The first-order valence-corrected chi connectivity index (χ1v) is 6.38. The maximum atomic E-state index is 12.0. The molecule has 0 heterocycles. The van der Waals surface area contributed by atoms with E-state index in [0.29, 0.717) is 22.0 Å². The van der Waals surface area contributed by atoms with E-state index in [1.807, 2.05) is 0 Å². The minimum atomic E-state index is -0.964. The highest BCUT2D eigenvalue weighted by molar-refractivity contribution is 6.42. The summed E-state index contributed by atoms with van der Waals surface area (Å²) < 4.78 is 9.92. The Bertz CT molecular complexity index is 543. The Hall–Kier alpha value is -1.26. The summed E-state index contributed by atoms with van der Waals surface area (Å²) in [5.74, 6) is -0.882. The number of benzene rings is 1. The van der Waals surface area contributed by atoms with Gasteiger partial charge in [-0.15, -0.1) is 0 Å². The van der Waals surface area contributed by atoms with E-state index in [-0.39, 0.29) is 0 Å². The summed E-state index contributed by atoms with van der Waals surface area (Å²) in [7, 11) is 1.30. The maximum Gasteiger partial charge on any atom is 0.320 e. The number of methoxy groups -OCH3 is 1. The summed E-state index contributed by atoms with van der Waals surface area (Å²) in [4.78, 5) is 23.0. The molecule has 102 valence electrons. The molecule has 1 saturated carbocycles. The van der Waals surface area contributed by atoms with Crippen LogP contribution < -0.4 is 0 Å². The number of hydrogen-bond acceptors (Lipinski definition) is 4. The lowest BCUT2D eigenvalue weighted by atomic mass is 9.95. The van der Waals surface area contributed by atoms with Gasteiger partial charge in [-0.2, -0.15) is 0 Å². The molecule has 4 nitrogen and oxygen atoms in total. The number of halogens is 2. The van der Waals surface area contributed by atoms with Gasteiger partial charge in [0.2, 0.25) is 0 Å². The molecule has 1 aromatic rings. The standard InChI is InChI=1S/C13H12Cl2O4/c1-7(16)19-11-6-13(11,12(17)18-2)8-3-4-9(14)10(15)5-8/h3-5,11H,6H2,1-2H3/t11-,13+/m0/s1. The Balaban J connectivity index is 2.37. The largest absolute Gasteiger partial charge is 0.468 e. The van der Waals surface area contributed by atoms with Crippen molar-refractivity contribution < 1.29 is 19.1 Å². The lowest BCUT2D eigenvalue weighted by Crippen LogP contribution is -2.28. The normalized spacial score (nSPS) is 24.7. The Morgan fingerprint density at radius 1 is 1.32 bits per heavy atom. The van der Waals surface area contributed by atoms with Crippen LogP contribution in [0, 0.1) is 0 Å². The molecule has 6 heteroatoms. The van der Waals surface area contributed by atoms with Crippen LogP contribution >= 0.6 is 23.2 Å². The molecule has 2 rings (SSSR count). The summed E-state index contributed by atoms with van der Waals surface area (Å²) in [6.45, 7) is 1.30. The molecule has 0 saturated heterocycles. The fraction of sp³-hybridized carbons (Fsp3) is 0.385. The molecule has 0 amide bonds. The van der Waals surface area contributed by atoms with Crippen LogP contribution in [-0.4, -0.2) is 25.2 Å². The Kier molecular flexibility index (Phi) is 3.74. The zero-order chi connectivity index (χ0) is 14.2. The average molecular weight is 303 g/mol. The molecular formula is C13H12Cl2O4. The zero-order valence-corrected chi connectivity index (χ0v) is 11.9. The molecule has 0 spiro atoms. The van der Waals surface area contributed by atoms with Crippen molar-refractivity contribution in [1.82, 2.24) is 0 Å². The van der Waals surface area contributed by atoms with E-state index in [2.05, 4.69) is 0 Å². The van der Waals surface area contributed by atoms with Crippen LogP contribution in [0.3, 0.4) is 0 Å². The van der Waals surface area contributed by atoms with E-state index in [0.717, 1.165) is 0 Å². The van der Waals surface area contributed by atoms with E-state index in [4.69, 9.17) is 32.7 Å². The van der Waals surface area contributed by atoms with Crippen molar-refractivity contribution in [3.05, 3.63) is 33.8 Å². The van der Waals surface area contributed by atoms with Gasteiger partial charge in [0, 0.05) is 13.3 Å². The molecule has 0 unspecified atom stereocenters. The van der Waals surface area contributed by atoms with Gasteiger partial charge in [-0.3, -0.25) is 9.59 Å². The SMILES string of the molecule is COC(=O)[C@@]1(c2ccc(Cl)c(Cl)c2)C[C@@H]1OC(C)=O. The number of ether oxygens (including phenoxy) is 2. The number of rotatable bonds is 3. The van der Waals surface area contributed by atoms with Crippen molar-refractivity contribution in [3.8, 4) is 0 Å². The number of hydrogen-bond donors (Lipinski definition) is 0. The Morgan fingerprint density at radius 3 is 2.53 bits per heavy atom. The van der Waals surface area contributed by atoms with Gasteiger partial charge in [-0.05, 0) is 17.7 Å². The molecule has 0 N–H and O–H groups in total. The van der Waals surface area contributed by atoms with Crippen molar-refractivity contribution in [3.63, 3.8) is 0 Å². The smallest absolute Gasteiger partial charge is 0.320 e. The fourth-order valence-corrected chi connectivity index (χ4v) is 2.47. The lowest BCUT2D eigenvalue weighted by molar-refractivity contribution is -0.148. The quantitative estimate of drug-likeness (QED) is 0.806. The molecule has 0 aliphatic heterocycles. The van der Waals surface area contributed by atoms with Gasteiger partial charge in [-0.1, -0.05) is 29.3 Å². The summed E-state index contributed by atoms with van der Waals surface area (Å²) in [6, 6.07) is 4.89. The molecule has 1 aliphatic rings. The van der Waals surface area contributed by atoms with Gasteiger partial charge in [0.25, 0.3) is 0 Å². The summed E-state index contributed by atoms with van der Waals surface area (Å²) in [5, 5.41) is 0.742. The van der Waals surface area contributed by atoms with Crippen molar-refractivity contribution >= 4 is 35.1 Å². The van der Waals surface area contributed by atoms with Crippen LogP contribution in [-0.2, 0) is 24.5 Å². The fourth-order valence-electron chi connectivity index (χ4n) is 2.17. The predicted octanol–water partition coefficient (Wildman–Crippen LogP) is 2.74. The van der Waals surface area contributed by atoms with E-state index >= 15 is 0 Å². The average Bonchev–Trinajstić information content (AvgIpc) is 3.06. The second-order valence-corrected chi connectivity index (χ2v) is 5.21. The van der Waals surface area contributed by atoms with Gasteiger partial charge in [0.1, 0.15) is 11.5 Å². The minimum absolute atomic E-state index is 0.343. The highest BCUT2D eigenvalue weighted by Gasteiger charge is 2.65. The van der Waals surface area contributed by atoms with Crippen LogP contribution in [0.4, 0.5) is 0 Å². The third-order valence-corrected chi connectivity index (χ3v) is 3.93. The first kappa shape index (κ1) is 14.2. The van der Waals surface area contributed by atoms with Crippen LogP contribution in [0.15, 0.2) is 18.2 Å². The predicted molar refractivity (Wildman–Crippen MR) is 70.3 cm³/mol. The summed E-state index contributed by atoms with van der Waals surface area (Å²) in [6.07, 6.45) is -0.133. The molecule has 19 heavy (non-hydrogen) atoms. The number of carbonyl (C=O) groups excluding carboxylic acids is 2. The van der Waals surface area contributed by atoms with Crippen LogP contribution in [0.1, 0.15) is 18.9 Å². The van der Waals surface area contributed by atoms with Gasteiger partial charge in [0.05, 0.1) is 17.2 Å². The monoisotopic (exact) mass is 302 g/mol. The first-order valence-electron chi connectivity index (χ1n) is 5.63. The minimum Gasteiger partial charge on any atom is -0.468 e. The van der Waals surface area contributed by atoms with Gasteiger partial charge in [0.15, 0.2) is 0 Å². The zero-order valence-electron chi connectivity index (χ0n) is 10.4. The lowest BCUT2D eigenvalue weighted by Gasteiger charge is -2.15. The van der Waals surface area contributed by atoms with Crippen molar-refractivity contribution in [2.45, 2.75) is 24.9 Å². The molecule has 1 aliphatic carbocycles. The maximum absolute atomic E-state index is 12.0. The van der Waals surface area contributed by atoms with Crippen LogP contribution in [0.5, 0.6) is 0 Å². The van der Waals surface area contributed by atoms with E-state index in [9.17, 15) is 9.59 Å². The van der Waals surface area contributed by atoms with Crippen LogP contribution in [0.2, 0.25) is 10.0 Å². The molecule has 0 radical (unpaired) electrons. The molecular weight excluding hydrogens is 291 g/mol. The highest BCUT2D eigenvalue weighted by atomic mass is 35.5. The summed E-state index contributed by atoms with van der Waals surface area (Å²) in [5.41, 5.74) is -0.325. The van der Waals surface area contributed by atoms with Crippen molar-refractivity contribution in [2.75, 3.05) is 7.11 Å². The van der Waals surface area contributed by atoms with E-state index in [1.165, 1.54) is 14.0 Å². The van der Waals surface area contributed by atoms with Gasteiger partial charge < -0.3 is 9.47 Å². The highest BCUT2D eigenvalue weighted by Crippen LogP contribution is 2.52. The number of esters is 2. The third-order valence-electron chi connectivity index (χ3n) is 3.19. The molecule has 1 aromatic carbocycles. The molecule has 1 fully saturated rings. The Labute approximate surface area is 120 Å². The van der Waals surface area contributed by atoms with Crippen LogP contribution in [0.25, 0.3) is 0 Å². The Morgan fingerprint density at radius 2 is 2.00 bits per heavy atom. The topological polar surface area (TPSA) is 52.6 Å².